The van der Waals surface area contributed by atoms with Crippen molar-refractivity contribution in [3.05, 3.63) is 36.0 Å². The average molecular weight is 271 g/mol. The van der Waals surface area contributed by atoms with E-state index in [1.54, 1.807) is 24.3 Å². The second-order valence-corrected chi connectivity index (χ2v) is 4.02. The molecular weight excluding hydrogens is 259 g/mol. The van der Waals surface area contributed by atoms with Gasteiger partial charge in [-0.25, -0.2) is 0 Å². The van der Waals surface area contributed by atoms with Crippen molar-refractivity contribution in [3.63, 3.8) is 0 Å². The normalized spacial score (nSPS) is 13.5. The highest BCUT2D eigenvalue weighted by Gasteiger charge is 2.48. The standard InChI is InChI=1S/C13H12F3NO2/c1-2-19-12(18)11(13(14,15)16)9-7-17-10-6-4-3-5-8(9)10/h3-7,11,17H,2H2,1H3/t11-/m1/s1. The van der Waals surface area contributed by atoms with Crippen LogP contribution in [0.1, 0.15) is 18.4 Å². The number of fused-ring (bicyclic) bond motifs is 1. The highest BCUT2D eigenvalue weighted by atomic mass is 19.4. The summed E-state index contributed by atoms with van der Waals surface area (Å²) in [4.78, 5) is 14.3. The van der Waals surface area contributed by atoms with Gasteiger partial charge in [0.2, 0.25) is 0 Å². The summed E-state index contributed by atoms with van der Waals surface area (Å²) in [6.07, 6.45) is -3.48. The van der Waals surface area contributed by atoms with E-state index in [4.69, 9.17) is 0 Å². The Morgan fingerprint density at radius 3 is 2.68 bits per heavy atom. The van der Waals surface area contributed by atoms with Crippen molar-refractivity contribution in [1.29, 1.82) is 0 Å². The Hall–Kier alpha value is -1.98. The summed E-state index contributed by atoms with van der Waals surface area (Å²) in [6.45, 7) is 1.38. The molecule has 1 aromatic heterocycles. The van der Waals surface area contributed by atoms with Crippen LogP contribution in [0.2, 0.25) is 0 Å². The number of aromatic nitrogens is 1. The molecule has 1 atom stereocenters. The Balaban J connectivity index is 2.52. The molecule has 6 heteroatoms. The average Bonchev–Trinajstić information content (AvgIpc) is 2.72. The Bertz CT molecular complexity index is 589. The van der Waals surface area contributed by atoms with Gasteiger partial charge >= 0.3 is 12.1 Å². The molecule has 3 nitrogen and oxygen atoms in total. The third kappa shape index (κ3) is 2.57. The molecule has 0 saturated heterocycles. The van der Waals surface area contributed by atoms with Gasteiger partial charge in [-0.2, -0.15) is 13.2 Å². The van der Waals surface area contributed by atoms with Crippen molar-refractivity contribution in [2.45, 2.75) is 19.0 Å². The minimum Gasteiger partial charge on any atom is -0.465 e. The molecule has 0 bridgehead atoms. The van der Waals surface area contributed by atoms with Gasteiger partial charge in [0.1, 0.15) is 0 Å². The molecule has 1 N–H and O–H groups in total. The lowest BCUT2D eigenvalue weighted by Crippen LogP contribution is -2.30. The minimum absolute atomic E-state index is 0.0895. The Labute approximate surface area is 107 Å². The van der Waals surface area contributed by atoms with E-state index in [0.29, 0.717) is 10.9 Å². The molecule has 0 amide bonds. The summed E-state index contributed by atoms with van der Waals surface area (Å²) < 4.78 is 43.7. The van der Waals surface area contributed by atoms with Gasteiger partial charge in [0.25, 0.3) is 0 Å². The fraction of sp³-hybridized carbons (Fsp3) is 0.308. The molecular formula is C13H12F3NO2. The zero-order chi connectivity index (χ0) is 14.0. The summed E-state index contributed by atoms with van der Waals surface area (Å²) in [7, 11) is 0. The quantitative estimate of drug-likeness (QED) is 0.869. The predicted molar refractivity (Wildman–Crippen MR) is 63.7 cm³/mol. The number of alkyl halides is 3. The number of carbonyl (C=O) groups is 1. The Kier molecular flexibility index (Phi) is 3.50. The van der Waals surface area contributed by atoms with Crippen LogP contribution in [-0.2, 0) is 9.53 Å². The van der Waals surface area contributed by atoms with Crippen molar-refractivity contribution < 1.29 is 22.7 Å². The number of hydrogen-bond acceptors (Lipinski definition) is 2. The van der Waals surface area contributed by atoms with E-state index in [1.165, 1.54) is 13.1 Å². The van der Waals surface area contributed by atoms with E-state index < -0.39 is 18.1 Å². The molecule has 0 unspecified atom stereocenters. The SMILES string of the molecule is CCOC(=O)[C@@H](c1c[nH]c2ccccc12)C(F)(F)F. The van der Waals surface area contributed by atoms with Crippen molar-refractivity contribution in [2.24, 2.45) is 0 Å². The van der Waals surface area contributed by atoms with Crippen molar-refractivity contribution >= 4 is 16.9 Å². The first-order valence-corrected chi connectivity index (χ1v) is 5.74. The van der Waals surface area contributed by atoms with Gasteiger partial charge in [0, 0.05) is 22.7 Å². The van der Waals surface area contributed by atoms with Crippen molar-refractivity contribution in [1.82, 2.24) is 4.98 Å². The van der Waals surface area contributed by atoms with E-state index in [2.05, 4.69) is 9.72 Å². The van der Waals surface area contributed by atoms with Crippen LogP contribution < -0.4 is 0 Å². The first kappa shape index (κ1) is 13.5. The maximum atomic E-state index is 13.1. The number of para-hydroxylation sites is 1. The second-order valence-electron chi connectivity index (χ2n) is 4.02. The molecule has 19 heavy (non-hydrogen) atoms. The van der Waals surface area contributed by atoms with Gasteiger partial charge in [-0.15, -0.1) is 0 Å². The molecule has 2 aromatic rings. The fourth-order valence-corrected chi connectivity index (χ4v) is 2.00. The highest BCUT2D eigenvalue weighted by Crippen LogP contribution is 2.38. The minimum atomic E-state index is -4.68. The van der Waals surface area contributed by atoms with E-state index in [0.717, 1.165) is 0 Å². The molecule has 1 heterocycles. The maximum Gasteiger partial charge on any atom is 0.406 e. The Morgan fingerprint density at radius 1 is 1.37 bits per heavy atom. The number of benzene rings is 1. The lowest BCUT2D eigenvalue weighted by molar-refractivity contribution is -0.180. The number of rotatable bonds is 3. The van der Waals surface area contributed by atoms with Gasteiger partial charge in [-0.3, -0.25) is 4.79 Å². The molecule has 102 valence electrons. The van der Waals surface area contributed by atoms with Gasteiger partial charge in [-0.1, -0.05) is 18.2 Å². The van der Waals surface area contributed by atoms with Crippen LogP contribution in [0.25, 0.3) is 10.9 Å². The molecule has 0 radical (unpaired) electrons. The summed E-state index contributed by atoms with van der Waals surface area (Å²) in [5.41, 5.74) is 0.442. The first-order chi connectivity index (χ1) is 8.95. The number of halogens is 3. The summed E-state index contributed by atoms with van der Waals surface area (Å²) >= 11 is 0. The van der Waals surface area contributed by atoms with E-state index in [-0.39, 0.29) is 12.2 Å². The molecule has 1 aromatic carbocycles. The largest absolute Gasteiger partial charge is 0.465 e. The van der Waals surface area contributed by atoms with E-state index >= 15 is 0 Å². The highest BCUT2D eigenvalue weighted by molar-refractivity contribution is 5.90. The molecule has 0 saturated carbocycles. The topological polar surface area (TPSA) is 42.1 Å². The van der Waals surface area contributed by atoms with Gasteiger partial charge < -0.3 is 9.72 Å². The van der Waals surface area contributed by atoms with Crippen LogP contribution >= 0.6 is 0 Å². The second kappa shape index (κ2) is 4.95. The molecule has 0 aliphatic carbocycles. The molecule has 0 aliphatic heterocycles. The summed E-state index contributed by atoms with van der Waals surface area (Å²) in [6, 6.07) is 6.52. The smallest absolute Gasteiger partial charge is 0.406 e. The molecule has 0 fully saturated rings. The third-order valence-corrected chi connectivity index (χ3v) is 2.78. The maximum absolute atomic E-state index is 13.1. The lowest BCUT2D eigenvalue weighted by Gasteiger charge is -2.18. The third-order valence-electron chi connectivity index (χ3n) is 2.78. The summed E-state index contributed by atoms with van der Waals surface area (Å²) in [5.74, 6) is -3.54. The molecule has 2 rings (SSSR count). The van der Waals surface area contributed by atoms with Crippen LogP contribution in [0.4, 0.5) is 13.2 Å². The predicted octanol–water partition coefficient (Wildman–Crippen LogP) is 3.38. The first-order valence-electron chi connectivity index (χ1n) is 5.74. The van der Waals surface area contributed by atoms with Gasteiger partial charge in [-0.05, 0) is 13.0 Å². The zero-order valence-corrected chi connectivity index (χ0v) is 10.1. The number of hydrogen-bond donors (Lipinski definition) is 1. The fourth-order valence-electron chi connectivity index (χ4n) is 2.00. The molecule has 0 spiro atoms. The number of aromatic amines is 1. The number of nitrogens with one attached hydrogen (secondary N) is 1. The van der Waals surface area contributed by atoms with Crippen LogP contribution in [0, 0.1) is 0 Å². The van der Waals surface area contributed by atoms with Gasteiger partial charge in [0.05, 0.1) is 6.61 Å². The van der Waals surface area contributed by atoms with Crippen LogP contribution in [0.15, 0.2) is 30.5 Å². The van der Waals surface area contributed by atoms with Crippen LogP contribution in [0.5, 0.6) is 0 Å². The lowest BCUT2D eigenvalue weighted by atomic mass is 9.98. The van der Waals surface area contributed by atoms with Crippen molar-refractivity contribution in [2.75, 3.05) is 6.61 Å². The number of esters is 1. The monoisotopic (exact) mass is 271 g/mol. The van der Waals surface area contributed by atoms with Gasteiger partial charge in [0.15, 0.2) is 5.92 Å². The van der Waals surface area contributed by atoms with Crippen LogP contribution in [-0.4, -0.2) is 23.7 Å². The molecule has 0 aliphatic rings. The van der Waals surface area contributed by atoms with E-state index in [9.17, 15) is 18.0 Å². The Morgan fingerprint density at radius 2 is 2.05 bits per heavy atom. The van der Waals surface area contributed by atoms with Crippen molar-refractivity contribution in [3.8, 4) is 0 Å². The summed E-state index contributed by atoms with van der Waals surface area (Å²) in [5, 5.41) is 0.373. The zero-order valence-electron chi connectivity index (χ0n) is 10.1. The van der Waals surface area contributed by atoms with E-state index in [1.807, 2.05) is 0 Å². The number of ether oxygens (including phenoxy) is 1. The number of H-pyrrole nitrogens is 1. The van der Waals surface area contributed by atoms with Crippen LogP contribution in [0.3, 0.4) is 0 Å². The number of carbonyl (C=O) groups excluding carboxylic acids is 1.